The van der Waals surface area contributed by atoms with Crippen LogP contribution in [0.3, 0.4) is 0 Å². The molecule has 0 fully saturated rings. The lowest BCUT2D eigenvalue weighted by molar-refractivity contribution is -0.185. The van der Waals surface area contributed by atoms with E-state index in [2.05, 4.69) is 4.74 Å². The van der Waals surface area contributed by atoms with Crippen molar-refractivity contribution in [3.8, 4) is 28.0 Å². The van der Waals surface area contributed by atoms with Crippen LogP contribution >= 0.6 is 0 Å². The molecule has 4 rings (SSSR count). The number of rotatable bonds is 6. The molecule has 0 unspecified atom stereocenters. The van der Waals surface area contributed by atoms with E-state index >= 15 is 0 Å². The minimum absolute atomic E-state index is 0.202. The third-order valence-corrected chi connectivity index (χ3v) is 5.59. The van der Waals surface area contributed by atoms with Gasteiger partial charge in [-0.3, -0.25) is 0 Å². The summed E-state index contributed by atoms with van der Waals surface area (Å²) in [6.45, 7) is 0.760. The lowest BCUT2D eigenvalue weighted by Gasteiger charge is -2.19. The van der Waals surface area contributed by atoms with Crippen molar-refractivity contribution in [1.82, 2.24) is 0 Å². The van der Waals surface area contributed by atoms with Crippen LogP contribution in [0.25, 0.3) is 28.1 Å². The molecule has 0 heterocycles. The molecule has 4 aromatic carbocycles. The summed E-state index contributed by atoms with van der Waals surface area (Å²) in [4.78, 5) is 0. The highest BCUT2D eigenvalue weighted by atomic mass is 19.3. The Morgan fingerprint density at radius 2 is 1.21 bits per heavy atom. The smallest absolute Gasteiger partial charge is 0.426 e. The Bertz CT molecular complexity index is 1540. The van der Waals surface area contributed by atoms with Crippen LogP contribution in [0.4, 0.5) is 43.9 Å². The molecule has 0 N–H and O–H groups in total. The quantitative estimate of drug-likeness (QED) is 0.170. The predicted octanol–water partition coefficient (Wildman–Crippen LogP) is 9.61. The van der Waals surface area contributed by atoms with Gasteiger partial charge < -0.3 is 4.74 Å². The van der Waals surface area contributed by atoms with Gasteiger partial charge >= 0.3 is 6.11 Å². The summed E-state index contributed by atoms with van der Waals surface area (Å²) in [6, 6.07) is 7.90. The first-order valence-corrected chi connectivity index (χ1v) is 10.9. The molecule has 4 aromatic rings. The fourth-order valence-corrected chi connectivity index (χ4v) is 3.72. The molecule has 0 saturated heterocycles. The van der Waals surface area contributed by atoms with Gasteiger partial charge in [0.2, 0.25) is 0 Å². The highest BCUT2D eigenvalue weighted by Crippen LogP contribution is 2.37. The van der Waals surface area contributed by atoms with Gasteiger partial charge in [-0.1, -0.05) is 12.1 Å². The molecule has 0 spiro atoms. The minimum atomic E-state index is -4.08. The molecule has 0 aliphatic heterocycles. The number of hydrogen-bond acceptors (Lipinski definition) is 1. The summed E-state index contributed by atoms with van der Waals surface area (Å²) < 4.78 is 144. The average molecular weight is 556 g/mol. The topological polar surface area (TPSA) is 9.23 Å². The van der Waals surface area contributed by atoms with Gasteiger partial charge in [-0.2, -0.15) is 8.78 Å². The van der Waals surface area contributed by atoms with Crippen molar-refractivity contribution < 1.29 is 48.6 Å². The summed E-state index contributed by atoms with van der Waals surface area (Å²) in [6.07, 6.45) is -4.08. The van der Waals surface area contributed by atoms with Gasteiger partial charge in [-0.25, -0.2) is 35.1 Å². The Hall–Kier alpha value is -4.28. The SMILES string of the molecule is C/C(F)=C(\F)c1cc(F)c(-c2ccc(C(F)(F)Oc3ccc(-c4cc(F)c(F)c(F)c4)c(F)c3)cc2)c(F)c1. The van der Waals surface area contributed by atoms with Gasteiger partial charge in [-0.05, 0) is 66.6 Å². The van der Waals surface area contributed by atoms with Gasteiger partial charge in [0.25, 0.3) is 0 Å². The zero-order valence-electron chi connectivity index (χ0n) is 19.5. The maximum Gasteiger partial charge on any atom is 0.426 e. The van der Waals surface area contributed by atoms with Crippen molar-refractivity contribution in [3.05, 3.63) is 119 Å². The van der Waals surface area contributed by atoms with E-state index in [1.165, 1.54) is 0 Å². The molecule has 0 atom stereocenters. The third kappa shape index (κ3) is 5.62. The minimum Gasteiger partial charge on any atom is -0.429 e. The zero-order valence-corrected chi connectivity index (χ0v) is 19.5. The summed E-state index contributed by atoms with van der Waals surface area (Å²) in [5, 5.41) is 0. The highest BCUT2D eigenvalue weighted by Gasteiger charge is 2.35. The van der Waals surface area contributed by atoms with Crippen LogP contribution in [0.2, 0.25) is 0 Å². The van der Waals surface area contributed by atoms with Crippen LogP contribution in [-0.4, -0.2) is 0 Å². The van der Waals surface area contributed by atoms with Crippen LogP contribution < -0.4 is 4.74 Å². The molecule has 0 radical (unpaired) electrons. The Morgan fingerprint density at radius 3 is 1.72 bits per heavy atom. The molecular formula is C28H14F10O. The second-order valence-electron chi connectivity index (χ2n) is 8.25. The molecule has 0 amide bonds. The first-order valence-electron chi connectivity index (χ1n) is 10.9. The molecule has 1 nitrogen and oxygen atoms in total. The van der Waals surface area contributed by atoms with E-state index in [9.17, 15) is 43.9 Å². The molecule has 0 bridgehead atoms. The first-order chi connectivity index (χ1) is 18.3. The van der Waals surface area contributed by atoms with Crippen molar-refractivity contribution in [1.29, 1.82) is 0 Å². The Balaban J connectivity index is 1.58. The Kier molecular flexibility index (Phi) is 7.45. The van der Waals surface area contributed by atoms with Crippen LogP contribution in [0, 0.1) is 34.9 Å². The van der Waals surface area contributed by atoms with E-state index in [0.717, 1.165) is 43.3 Å². The highest BCUT2D eigenvalue weighted by molar-refractivity contribution is 5.70. The summed E-state index contributed by atoms with van der Waals surface area (Å²) in [5.41, 5.74) is -3.16. The maximum atomic E-state index is 14.7. The number of ether oxygens (including phenoxy) is 1. The van der Waals surface area contributed by atoms with Gasteiger partial charge in [0.1, 0.15) is 29.0 Å². The lowest BCUT2D eigenvalue weighted by atomic mass is 10.00. The van der Waals surface area contributed by atoms with Crippen molar-refractivity contribution in [3.63, 3.8) is 0 Å². The number of allylic oxidation sites excluding steroid dienone is 1. The van der Waals surface area contributed by atoms with E-state index in [1.807, 2.05) is 0 Å². The Labute approximate surface area is 214 Å². The first kappa shape index (κ1) is 27.7. The van der Waals surface area contributed by atoms with E-state index in [0.29, 0.717) is 30.3 Å². The van der Waals surface area contributed by atoms with Gasteiger partial charge in [0.05, 0.1) is 11.1 Å². The van der Waals surface area contributed by atoms with Gasteiger partial charge in [-0.15, -0.1) is 0 Å². The second-order valence-corrected chi connectivity index (χ2v) is 8.25. The molecule has 0 aliphatic carbocycles. The summed E-state index contributed by atoms with van der Waals surface area (Å²) >= 11 is 0. The van der Waals surface area contributed by atoms with E-state index < -0.39 is 80.7 Å². The van der Waals surface area contributed by atoms with Crippen molar-refractivity contribution >= 4 is 5.83 Å². The van der Waals surface area contributed by atoms with Gasteiger partial charge in [0.15, 0.2) is 23.3 Å². The lowest BCUT2D eigenvalue weighted by Crippen LogP contribution is -2.21. The second kappa shape index (κ2) is 10.5. The Morgan fingerprint density at radius 1 is 0.641 bits per heavy atom. The summed E-state index contributed by atoms with van der Waals surface area (Å²) in [5.74, 6) is -12.1. The van der Waals surface area contributed by atoms with Crippen molar-refractivity contribution in [2.24, 2.45) is 0 Å². The van der Waals surface area contributed by atoms with Gasteiger partial charge in [0, 0.05) is 17.2 Å². The largest absolute Gasteiger partial charge is 0.429 e. The fraction of sp³-hybridized carbons (Fsp3) is 0.0714. The monoisotopic (exact) mass is 556 g/mol. The molecule has 0 aromatic heterocycles. The van der Waals surface area contributed by atoms with E-state index in [-0.39, 0.29) is 11.1 Å². The summed E-state index contributed by atoms with van der Waals surface area (Å²) in [7, 11) is 0. The molecule has 0 saturated carbocycles. The van der Waals surface area contributed by atoms with Crippen LogP contribution in [0.1, 0.15) is 18.1 Å². The van der Waals surface area contributed by atoms with E-state index in [4.69, 9.17) is 0 Å². The number of alkyl halides is 2. The standard InChI is InChI=1S/C28H14F10O/c1-13(29)26(35)16-10-21(31)25(22(32)11-16)14-2-4-17(5-3-14)28(37,38)39-18-6-7-19(20(30)12-18)15-8-23(33)27(36)24(34)9-15/h2-12H,1H3/b26-13+. The third-order valence-electron chi connectivity index (χ3n) is 5.59. The fourth-order valence-electron chi connectivity index (χ4n) is 3.72. The normalized spacial score (nSPS) is 12.4. The number of halogens is 10. The predicted molar refractivity (Wildman–Crippen MR) is 123 cm³/mol. The van der Waals surface area contributed by atoms with E-state index in [1.54, 1.807) is 0 Å². The van der Waals surface area contributed by atoms with Crippen molar-refractivity contribution in [2.75, 3.05) is 0 Å². The molecule has 0 aliphatic rings. The zero-order chi connectivity index (χ0) is 28.6. The average Bonchev–Trinajstić information content (AvgIpc) is 2.86. The van der Waals surface area contributed by atoms with Crippen LogP contribution in [-0.2, 0) is 6.11 Å². The number of benzene rings is 4. The van der Waals surface area contributed by atoms with Crippen LogP contribution in [0.15, 0.2) is 72.6 Å². The number of hydrogen-bond donors (Lipinski definition) is 0. The van der Waals surface area contributed by atoms with Crippen molar-refractivity contribution in [2.45, 2.75) is 13.0 Å². The molecule has 202 valence electrons. The molecular weight excluding hydrogens is 542 g/mol. The molecule has 11 heteroatoms. The maximum absolute atomic E-state index is 14.7. The van der Waals surface area contributed by atoms with Crippen LogP contribution in [0.5, 0.6) is 5.75 Å². The molecule has 39 heavy (non-hydrogen) atoms.